The lowest BCUT2D eigenvalue weighted by molar-refractivity contribution is 0.664. The van der Waals surface area contributed by atoms with Gasteiger partial charge in [0.25, 0.3) is 0 Å². The smallest absolute Gasteiger partial charge is 0.203 e. The summed E-state index contributed by atoms with van der Waals surface area (Å²) >= 11 is 2.04. The number of aryl methyl sites for hydroxylation is 1. The van der Waals surface area contributed by atoms with Gasteiger partial charge < -0.3 is 9.88 Å². The number of aromatic nitrogens is 2. The van der Waals surface area contributed by atoms with E-state index in [-0.39, 0.29) is 0 Å². The molecule has 1 aromatic rings. The summed E-state index contributed by atoms with van der Waals surface area (Å²) in [5.41, 5.74) is 0. The average Bonchev–Trinajstić information content (AvgIpc) is 2.67. The molecule has 1 saturated heterocycles. The Morgan fingerprint density at radius 2 is 2.64 bits per heavy atom. The molecular weight excluding hydrogens is 194 g/mol. The van der Waals surface area contributed by atoms with E-state index in [4.69, 9.17) is 0 Å². The lowest BCUT2D eigenvalue weighted by Gasteiger charge is -2.23. The van der Waals surface area contributed by atoms with Crippen molar-refractivity contribution < 1.29 is 0 Å². The monoisotopic (exact) mass is 211 g/mol. The van der Waals surface area contributed by atoms with E-state index in [0.717, 1.165) is 12.5 Å². The number of rotatable bonds is 3. The second-order valence-corrected chi connectivity index (χ2v) is 4.75. The summed E-state index contributed by atoms with van der Waals surface area (Å²) < 4.78 is 2.15. The highest BCUT2D eigenvalue weighted by Crippen LogP contribution is 2.20. The lowest BCUT2D eigenvalue weighted by atomic mass is 10.2. The minimum Gasteiger partial charge on any atom is -0.352 e. The largest absolute Gasteiger partial charge is 0.352 e. The molecule has 1 unspecified atom stereocenters. The minimum atomic E-state index is 0.612. The second-order valence-electron chi connectivity index (χ2n) is 3.60. The van der Waals surface area contributed by atoms with Crippen molar-refractivity contribution in [1.82, 2.24) is 9.55 Å². The van der Waals surface area contributed by atoms with Crippen LogP contribution in [-0.4, -0.2) is 27.1 Å². The van der Waals surface area contributed by atoms with Crippen molar-refractivity contribution in [2.24, 2.45) is 0 Å². The van der Waals surface area contributed by atoms with Gasteiger partial charge in [-0.25, -0.2) is 4.98 Å². The van der Waals surface area contributed by atoms with Crippen LogP contribution < -0.4 is 5.32 Å². The van der Waals surface area contributed by atoms with Crippen molar-refractivity contribution in [3.63, 3.8) is 0 Å². The van der Waals surface area contributed by atoms with Crippen LogP contribution in [0.2, 0.25) is 0 Å². The normalized spacial score (nSPS) is 22.2. The molecule has 1 atom stereocenters. The predicted molar refractivity (Wildman–Crippen MR) is 61.9 cm³/mol. The van der Waals surface area contributed by atoms with Gasteiger partial charge in [-0.15, -0.1) is 0 Å². The van der Waals surface area contributed by atoms with E-state index in [2.05, 4.69) is 21.8 Å². The van der Waals surface area contributed by atoms with E-state index in [0.29, 0.717) is 6.04 Å². The number of thioether (sulfide) groups is 1. The van der Waals surface area contributed by atoms with Gasteiger partial charge in [0.15, 0.2) is 0 Å². The van der Waals surface area contributed by atoms with Crippen LogP contribution in [0.25, 0.3) is 0 Å². The molecule has 14 heavy (non-hydrogen) atoms. The summed E-state index contributed by atoms with van der Waals surface area (Å²) in [6.45, 7) is 3.13. The zero-order valence-electron chi connectivity index (χ0n) is 8.57. The Balaban J connectivity index is 1.95. The topological polar surface area (TPSA) is 29.9 Å². The average molecular weight is 211 g/mol. The van der Waals surface area contributed by atoms with Crippen LogP contribution in [-0.2, 0) is 6.54 Å². The van der Waals surface area contributed by atoms with Crippen LogP contribution >= 0.6 is 11.8 Å². The van der Waals surface area contributed by atoms with Gasteiger partial charge in [-0.2, -0.15) is 11.8 Å². The lowest BCUT2D eigenvalue weighted by Crippen LogP contribution is -2.27. The molecule has 1 fully saturated rings. The third-order valence-electron chi connectivity index (χ3n) is 2.55. The van der Waals surface area contributed by atoms with Crippen LogP contribution in [0.15, 0.2) is 12.4 Å². The highest BCUT2D eigenvalue weighted by atomic mass is 32.2. The van der Waals surface area contributed by atoms with Gasteiger partial charge in [0.05, 0.1) is 0 Å². The van der Waals surface area contributed by atoms with Crippen molar-refractivity contribution in [3.8, 4) is 0 Å². The van der Waals surface area contributed by atoms with E-state index >= 15 is 0 Å². The molecule has 0 radical (unpaired) electrons. The first-order valence-corrected chi connectivity index (χ1v) is 6.41. The zero-order chi connectivity index (χ0) is 9.80. The Morgan fingerprint density at radius 1 is 1.71 bits per heavy atom. The molecule has 2 heterocycles. The second kappa shape index (κ2) is 4.73. The first-order chi connectivity index (χ1) is 6.90. The fourth-order valence-electron chi connectivity index (χ4n) is 1.74. The molecule has 0 saturated carbocycles. The molecular formula is C10H17N3S. The van der Waals surface area contributed by atoms with Crippen molar-refractivity contribution in [1.29, 1.82) is 0 Å². The minimum absolute atomic E-state index is 0.612. The van der Waals surface area contributed by atoms with Gasteiger partial charge in [-0.1, -0.05) is 0 Å². The van der Waals surface area contributed by atoms with Crippen LogP contribution in [0.4, 0.5) is 5.95 Å². The molecule has 1 aliphatic heterocycles. The maximum Gasteiger partial charge on any atom is 0.203 e. The van der Waals surface area contributed by atoms with E-state index in [1.54, 1.807) is 0 Å². The molecule has 0 bridgehead atoms. The molecule has 1 N–H and O–H groups in total. The van der Waals surface area contributed by atoms with Gasteiger partial charge in [-0.05, 0) is 25.5 Å². The number of nitrogens with zero attached hydrogens (tertiary/aromatic N) is 2. The van der Waals surface area contributed by atoms with Crippen LogP contribution in [0.5, 0.6) is 0 Å². The summed E-state index contributed by atoms with van der Waals surface area (Å²) in [5, 5.41) is 3.51. The molecule has 4 heteroatoms. The van der Waals surface area contributed by atoms with Crippen molar-refractivity contribution >= 4 is 17.7 Å². The maximum absolute atomic E-state index is 4.32. The molecule has 0 spiro atoms. The Hall–Kier alpha value is -0.640. The highest BCUT2D eigenvalue weighted by Gasteiger charge is 2.14. The van der Waals surface area contributed by atoms with Gasteiger partial charge in [0.2, 0.25) is 5.95 Å². The van der Waals surface area contributed by atoms with Crippen LogP contribution in [0.1, 0.15) is 19.8 Å². The summed E-state index contributed by atoms with van der Waals surface area (Å²) in [5.74, 6) is 3.57. The summed E-state index contributed by atoms with van der Waals surface area (Å²) in [7, 11) is 0. The van der Waals surface area contributed by atoms with Crippen LogP contribution in [0, 0.1) is 0 Å². The molecule has 2 rings (SSSR count). The summed E-state index contributed by atoms with van der Waals surface area (Å²) in [6.07, 6.45) is 6.50. The standard InChI is InChI=1S/C10H17N3S/c1-2-13-6-5-11-10(13)12-9-4-3-7-14-8-9/h5-6,9H,2-4,7-8H2,1H3,(H,11,12). The van der Waals surface area contributed by atoms with Gasteiger partial charge in [0.1, 0.15) is 0 Å². The Morgan fingerprint density at radius 3 is 3.36 bits per heavy atom. The summed E-state index contributed by atoms with van der Waals surface area (Å²) in [4.78, 5) is 4.32. The third kappa shape index (κ3) is 2.23. The molecule has 0 aliphatic carbocycles. The third-order valence-corrected chi connectivity index (χ3v) is 3.77. The van der Waals surface area contributed by atoms with Crippen molar-refractivity contribution in [3.05, 3.63) is 12.4 Å². The quantitative estimate of drug-likeness (QED) is 0.831. The van der Waals surface area contributed by atoms with Crippen LogP contribution in [0.3, 0.4) is 0 Å². The predicted octanol–water partition coefficient (Wildman–Crippen LogP) is 2.21. The van der Waals surface area contributed by atoms with Gasteiger partial charge >= 0.3 is 0 Å². The SMILES string of the molecule is CCn1ccnc1NC1CCCSC1. The van der Waals surface area contributed by atoms with Gasteiger partial charge in [0, 0.05) is 30.7 Å². The molecule has 78 valence electrons. The molecule has 0 aromatic carbocycles. The van der Waals surface area contributed by atoms with E-state index in [9.17, 15) is 0 Å². The highest BCUT2D eigenvalue weighted by molar-refractivity contribution is 7.99. The van der Waals surface area contributed by atoms with Crippen molar-refractivity contribution in [2.45, 2.75) is 32.4 Å². The number of hydrogen-bond acceptors (Lipinski definition) is 3. The first kappa shape index (κ1) is 9.90. The van der Waals surface area contributed by atoms with E-state index in [1.165, 1.54) is 24.3 Å². The maximum atomic E-state index is 4.32. The number of hydrogen-bond donors (Lipinski definition) is 1. The molecule has 1 aliphatic rings. The molecule has 1 aromatic heterocycles. The molecule has 0 amide bonds. The first-order valence-electron chi connectivity index (χ1n) is 5.25. The summed E-state index contributed by atoms with van der Waals surface area (Å²) in [6, 6.07) is 0.612. The fraction of sp³-hybridized carbons (Fsp3) is 0.700. The Bertz CT molecular complexity index is 279. The van der Waals surface area contributed by atoms with E-state index < -0.39 is 0 Å². The van der Waals surface area contributed by atoms with Gasteiger partial charge in [-0.3, -0.25) is 0 Å². The number of anilines is 1. The van der Waals surface area contributed by atoms with E-state index in [1.807, 2.05) is 24.2 Å². The number of nitrogens with one attached hydrogen (secondary N) is 1. The number of imidazole rings is 1. The Labute approximate surface area is 89.3 Å². The fourth-order valence-corrected chi connectivity index (χ4v) is 2.81. The Kier molecular flexibility index (Phi) is 3.35. The molecule has 3 nitrogen and oxygen atoms in total. The van der Waals surface area contributed by atoms with Crippen molar-refractivity contribution in [2.75, 3.05) is 16.8 Å². The zero-order valence-corrected chi connectivity index (χ0v) is 9.39.